The predicted molar refractivity (Wildman–Crippen MR) is 98.7 cm³/mol. The second-order valence-electron chi connectivity index (χ2n) is 6.68. The lowest BCUT2D eigenvalue weighted by Gasteiger charge is -2.42. The van der Waals surface area contributed by atoms with Crippen molar-refractivity contribution in [3.8, 4) is 0 Å². The number of nitrogens with zero attached hydrogens (tertiary/aromatic N) is 4. The smallest absolute Gasteiger partial charge is 0.272 e. The maximum Gasteiger partial charge on any atom is 0.272 e. The van der Waals surface area contributed by atoms with Crippen molar-refractivity contribution in [3.63, 3.8) is 0 Å². The highest BCUT2D eigenvalue weighted by Crippen LogP contribution is 2.27. The number of likely N-dealkylation sites (N-methyl/N-ethyl adjacent to an activating group) is 2. The average molecular weight is 352 g/mol. The summed E-state index contributed by atoms with van der Waals surface area (Å²) >= 11 is 0. The number of aromatic nitrogens is 2. The van der Waals surface area contributed by atoms with Gasteiger partial charge in [0.1, 0.15) is 11.4 Å². The Balaban J connectivity index is 1.79. The molecule has 2 atom stereocenters. The zero-order valence-corrected chi connectivity index (χ0v) is 15.2. The van der Waals surface area contributed by atoms with E-state index in [9.17, 15) is 9.59 Å². The molecule has 2 heterocycles. The zero-order valence-electron chi connectivity index (χ0n) is 15.2. The summed E-state index contributed by atoms with van der Waals surface area (Å²) in [5.74, 6) is -0.220. The molecule has 0 unspecified atom stereocenters. The molecule has 0 spiro atoms. The summed E-state index contributed by atoms with van der Waals surface area (Å²) in [5.41, 5.74) is 0.857. The minimum atomic E-state index is -0.110. The third-order valence-electron chi connectivity index (χ3n) is 5.10. The van der Waals surface area contributed by atoms with Crippen LogP contribution in [-0.2, 0) is 0 Å². The molecule has 2 aromatic rings. The van der Waals surface area contributed by atoms with Gasteiger partial charge in [0, 0.05) is 26.5 Å². The lowest BCUT2D eigenvalue weighted by molar-refractivity contribution is 0.0415. The van der Waals surface area contributed by atoms with Crippen molar-refractivity contribution in [1.82, 2.24) is 19.8 Å². The molecule has 2 aromatic heterocycles. The fraction of sp³-hybridized carbons (Fsp3) is 0.400. The summed E-state index contributed by atoms with van der Waals surface area (Å²) in [6.45, 7) is 0. The highest BCUT2D eigenvalue weighted by atomic mass is 16.2. The van der Waals surface area contributed by atoms with Crippen molar-refractivity contribution in [2.45, 2.75) is 37.8 Å². The van der Waals surface area contributed by atoms with E-state index < -0.39 is 0 Å². The molecule has 26 heavy (non-hydrogen) atoms. The van der Waals surface area contributed by atoms with E-state index in [4.69, 9.17) is 0 Å². The van der Waals surface area contributed by atoms with E-state index in [2.05, 4.69) is 9.97 Å². The van der Waals surface area contributed by atoms with Crippen LogP contribution >= 0.6 is 0 Å². The molecule has 2 amide bonds. The molecule has 1 saturated carbocycles. The van der Waals surface area contributed by atoms with E-state index in [1.54, 1.807) is 60.6 Å². The van der Waals surface area contributed by atoms with Crippen molar-refractivity contribution in [1.29, 1.82) is 0 Å². The minimum Gasteiger partial charge on any atom is -0.335 e. The van der Waals surface area contributed by atoms with E-state index in [-0.39, 0.29) is 23.9 Å². The van der Waals surface area contributed by atoms with Gasteiger partial charge in [-0.05, 0) is 37.1 Å². The second kappa shape index (κ2) is 8.08. The van der Waals surface area contributed by atoms with E-state index in [1.165, 1.54) is 0 Å². The van der Waals surface area contributed by atoms with Crippen LogP contribution in [-0.4, -0.2) is 57.8 Å². The number of amides is 2. The van der Waals surface area contributed by atoms with Crippen LogP contribution < -0.4 is 0 Å². The number of carbonyl (C=O) groups is 2. The monoisotopic (exact) mass is 352 g/mol. The van der Waals surface area contributed by atoms with Gasteiger partial charge in [0.05, 0.1) is 12.1 Å². The summed E-state index contributed by atoms with van der Waals surface area (Å²) in [7, 11) is 3.61. The first-order valence-electron chi connectivity index (χ1n) is 8.96. The molecule has 1 aliphatic carbocycles. The van der Waals surface area contributed by atoms with Gasteiger partial charge in [0.2, 0.25) is 0 Å². The second-order valence-corrected chi connectivity index (χ2v) is 6.68. The van der Waals surface area contributed by atoms with Gasteiger partial charge < -0.3 is 9.80 Å². The quantitative estimate of drug-likeness (QED) is 0.848. The highest BCUT2D eigenvalue weighted by Gasteiger charge is 2.36. The van der Waals surface area contributed by atoms with Crippen molar-refractivity contribution in [2.24, 2.45) is 0 Å². The van der Waals surface area contributed by atoms with Crippen molar-refractivity contribution in [3.05, 3.63) is 60.2 Å². The largest absolute Gasteiger partial charge is 0.335 e. The van der Waals surface area contributed by atoms with Crippen LogP contribution in [0.4, 0.5) is 0 Å². The maximum atomic E-state index is 12.8. The van der Waals surface area contributed by atoms with Crippen LogP contribution in [0.1, 0.15) is 46.7 Å². The summed E-state index contributed by atoms with van der Waals surface area (Å²) in [6, 6.07) is 10.6. The van der Waals surface area contributed by atoms with Gasteiger partial charge in [-0.1, -0.05) is 25.0 Å². The van der Waals surface area contributed by atoms with Crippen LogP contribution in [0.3, 0.4) is 0 Å². The predicted octanol–water partition coefficient (Wildman–Crippen LogP) is 2.63. The summed E-state index contributed by atoms with van der Waals surface area (Å²) in [5, 5.41) is 0. The van der Waals surface area contributed by atoms with Crippen molar-refractivity contribution in [2.75, 3.05) is 14.1 Å². The van der Waals surface area contributed by atoms with Gasteiger partial charge in [-0.2, -0.15) is 0 Å². The lowest BCUT2D eigenvalue weighted by Crippen LogP contribution is -2.54. The first-order chi connectivity index (χ1) is 12.6. The Morgan fingerprint density at radius 2 is 1.23 bits per heavy atom. The number of pyridine rings is 2. The molecular weight excluding hydrogens is 328 g/mol. The molecule has 0 N–H and O–H groups in total. The highest BCUT2D eigenvalue weighted by molar-refractivity contribution is 5.93. The Morgan fingerprint density at radius 1 is 0.808 bits per heavy atom. The number of carbonyl (C=O) groups excluding carboxylic acids is 2. The molecule has 3 rings (SSSR count). The van der Waals surface area contributed by atoms with Gasteiger partial charge in [0.15, 0.2) is 0 Å². The van der Waals surface area contributed by atoms with Crippen LogP contribution in [0, 0.1) is 0 Å². The Bertz CT molecular complexity index is 685. The molecule has 0 aromatic carbocycles. The van der Waals surface area contributed by atoms with Crippen molar-refractivity contribution < 1.29 is 9.59 Å². The summed E-state index contributed by atoms with van der Waals surface area (Å²) < 4.78 is 0. The average Bonchev–Trinajstić information content (AvgIpc) is 2.73. The lowest BCUT2D eigenvalue weighted by atomic mass is 9.88. The van der Waals surface area contributed by atoms with Gasteiger partial charge in [-0.25, -0.2) is 0 Å². The fourth-order valence-electron chi connectivity index (χ4n) is 3.64. The van der Waals surface area contributed by atoms with Gasteiger partial charge in [-0.15, -0.1) is 0 Å². The third-order valence-corrected chi connectivity index (χ3v) is 5.10. The standard InChI is InChI=1S/C20H24N4O2/c1-23(19(25)15-9-5-7-13-21-15)17-11-3-4-12-18(17)24(2)20(26)16-10-6-8-14-22-16/h5-10,13-14,17-18H,3-4,11-12H2,1-2H3/t17-,18-/m0/s1. The van der Waals surface area contributed by atoms with E-state index in [1.807, 2.05) is 12.1 Å². The Kier molecular flexibility index (Phi) is 5.61. The minimum absolute atomic E-state index is 0.0316. The van der Waals surface area contributed by atoms with Crippen LogP contribution in [0.25, 0.3) is 0 Å². The Hall–Kier alpha value is -2.76. The van der Waals surface area contributed by atoms with E-state index >= 15 is 0 Å². The summed E-state index contributed by atoms with van der Waals surface area (Å²) in [4.78, 5) is 37.4. The maximum absolute atomic E-state index is 12.8. The molecule has 0 aliphatic heterocycles. The van der Waals surface area contributed by atoms with E-state index in [0.29, 0.717) is 11.4 Å². The van der Waals surface area contributed by atoms with Gasteiger partial charge in [-0.3, -0.25) is 19.6 Å². The first-order valence-corrected chi connectivity index (χ1v) is 8.96. The summed E-state index contributed by atoms with van der Waals surface area (Å²) in [6.07, 6.45) is 7.09. The number of rotatable bonds is 4. The number of hydrogen-bond acceptors (Lipinski definition) is 4. The zero-order chi connectivity index (χ0) is 18.5. The van der Waals surface area contributed by atoms with Crippen LogP contribution in [0.2, 0.25) is 0 Å². The van der Waals surface area contributed by atoms with Crippen LogP contribution in [0.5, 0.6) is 0 Å². The van der Waals surface area contributed by atoms with Crippen LogP contribution in [0.15, 0.2) is 48.8 Å². The Morgan fingerprint density at radius 3 is 1.58 bits per heavy atom. The molecule has 0 bridgehead atoms. The molecule has 6 nitrogen and oxygen atoms in total. The Labute approximate surface area is 153 Å². The molecular formula is C20H24N4O2. The molecule has 6 heteroatoms. The number of hydrogen-bond donors (Lipinski definition) is 0. The first kappa shape index (κ1) is 18.0. The van der Waals surface area contributed by atoms with Gasteiger partial charge >= 0.3 is 0 Å². The topological polar surface area (TPSA) is 66.4 Å². The molecule has 136 valence electrons. The third kappa shape index (κ3) is 3.74. The molecule has 0 saturated heterocycles. The van der Waals surface area contributed by atoms with Crippen molar-refractivity contribution >= 4 is 11.8 Å². The van der Waals surface area contributed by atoms with E-state index in [0.717, 1.165) is 25.7 Å². The van der Waals surface area contributed by atoms with Gasteiger partial charge in [0.25, 0.3) is 11.8 Å². The SMILES string of the molecule is CN(C(=O)c1ccccn1)[C@H]1CCCC[C@@H]1N(C)C(=O)c1ccccn1. The molecule has 1 aliphatic rings. The molecule has 0 radical (unpaired) electrons. The fourth-order valence-corrected chi connectivity index (χ4v) is 3.64. The molecule has 1 fully saturated rings. The normalized spacial score (nSPS) is 19.6.